The second kappa shape index (κ2) is 7.37. The molecule has 1 fully saturated rings. The van der Waals surface area contributed by atoms with Crippen molar-refractivity contribution in [1.29, 1.82) is 0 Å². The fourth-order valence-corrected chi connectivity index (χ4v) is 3.66. The molecule has 2 aromatic carbocycles. The molecule has 0 radical (unpaired) electrons. The van der Waals surface area contributed by atoms with Gasteiger partial charge in [-0.1, -0.05) is 36.4 Å². The molecule has 2 aliphatic heterocycles. The van der Waals surface area contributed by atoms with E-state index in [1.165, 1.54) is 4.90 Å². The molecule has 2 atom stereocenters. The standard InChI is InChI=1S/C22H23N3O5/c1-14(15-7-5-4-6-8-15)24(3)19(26)12-25-20(27)22(2,23-21(25)28)16-9-10-17-18(11-16)30-13-29-17/h4-11,14H,12-13H2,1-3H3,(H,23,28)/t14-,22+/m0/s1. The van der Waals surface area contributed by atoms with Gasteiger partial charge in [0.25, 0.3) is 5.91 Å². The maximum absolute atomic E-state index is 13.1. The minimum atomic E-state index is -1.29. The van der Waals surface area contributed by atoms with Gasteiger partial charge in [0.05, 0.1) is 6.04 Å². The molecule has 156 valence electrons. The molecule has 2 heterocycles. The summed E-state index contributed by atoms with van der Waals surface area (Å²) >= 11 is 0. The highest BCUT2D eigenvalue weighted by Gasteiger charge is 2.50. The lowest BCUT2D eigenvalue weighted by molar-refractivity contribution is -0.139. The number of hydrogen-bond acceptors (Lipinski definition) is 5. The van der Waals surface area contributed by atoms with E-state index in [1.807, 2.05) is 37.3 Å². The normalized spacial score (nSPS) is 20.8. The summed E-state index contributed by atoms with van der Waals surface area (Å²) < 4.78 is 10.7. The summed E-state index contributed by atoms with van der Waals surface area (Å²) in [6.07, 6.45) is 0. The number of likely N-dealkylation sites (N-methyl/N-ethyl adjacent to an activating group) is 1. The van der Waals surface area contributed by atoms with Crippen LogP contribution in [0.1, 0.15) is 31.0 Å². The first-order valence-corrected chi connectivity index (χ1v) is 9.66. The summed E-state index contributed by atoms with van der Waals surface area (Å²) in [5, 5.41) is 2.71. The Morgan fingerprint density at radius 2 is 1.87 bits per heavy atom. The van der Waals surface area contributed by atoms with Crippen LogP contribution in [0.3, 0.4) is 0 Å². The minimum Gasteiger partial charge on any atom is -0.454 e. The number of amides is 4. The van der Waals surface area contributed by atoms with Gasteiger partial charge >= 0.3 is 6.03 Å². The number of imide groups is 1. The third kappa shape index (κ3) is 3.24. The molecule has 4 rings (SSSR count). The number of carbonyl (C=O) groups is 3. The lowest BCUT2D eigenvalue weighted by Crippen LogP contribution is -2.44. The van der Waals surface area contributed by atoms with Gasteiger partial charge in [-0.15, -0.1) is 0 Å². The lowest BCUT2D eigenvalue weighted by Gasteiger charge is -2.27. The van der Waals surface area contributed by atoms with Crippen LogP contribution < -0.4 is 14.8 Å². The number of nitrogens with zero attached hydrogens (tertiary/aromatic N) is 2. The van der Waals surface area contributed by atoms with E-state index >= 15 is 0 Å². The molecular weight excluding hydrogens is 386 g/mol. The van der Waals surface area contributed by atoms with Crippen LogP contribution in [0.15, 0.2) is 48.5 Å². The van der Waals surface area contributed by atoms with Crippen LogP contribution in [0.25, 0.3) is 0 Å². The molecule has 1 N–H and O–H groups in total. The summed E-state index contributed by atoms with van der Waals surface area (Å²) in [6.45, 7) is 3.29. The smallest absolute Gasteiger partial charge is 0.325 e. The first-order chi connectivity index (χ1) is 14.3. The Labute approximate surface area is 174 Å². The van der Waals surface area contributed by atoms with Crippen LogP contribution in [-0.4, -0.2) is 48.0 Å². The zero-order chi connectivity index (χ0) is 21.5. The van der Waals surface area contributed by atoms with Crippen molar-refractivity contribution in [3.05, 3.63) is 59.7 Å². The number of urea groups is 1. The third-order valence-electron chi connectivity index (χ3n) is 5.77. The van der Waals surface area contributed by atoms with Crippen LogP contribution >= 0.6 is 0 Å². The highest BCUT2D eigenvalue weighted by Crippen LogP contribution is 2.37. The Hall–Kier alpha value is -3.55. The van der Waals surface area contributed by atoms with Crippen molar-refractivity contribution in [1.82, 2.24) is 15.1 Å². The Kier molecular flexibility index (Phi) is 4.85. The number of ether oxygens (including phenoxy) is 2. The van der Waals surface area contributed by atoms with Crippen LogP contribution in [0.2, 0.25) is 0 Å². The predicted octanol–water partition coefficient (Wildman–Crippen LogP) is 2.40. The summed E-state index contributed by atoms with van der Waals surface area (Å²) in [5.74, 6) is 0.287. The maximum Gasteiger partial charge on any atom is 0.325 e. The largest absolute Gasteiger partial charge is 0.454 e. The summed E-state index contributed by atoms with van der Waals surface area (Å²) in [7, 11) is 1.66. The molecular formula is C22H23N3O5. The van der Waals surface area contributed by atoms with E-state index in [2.05, 4.69) is 5.32 Å². The van der Waals surface area contributed by atoms with Crippen molar-refractivity contribution in [2.75, 3.05) is 20.4 Å². The lowest BCUT2D eigenvalue weighted by atomic mass is 9.91. The van der Waals surface area contributed by atoms with Crippen LogP contribution in [0.5, 0.6) is 11.5 Å². The molecule has 0 bridgehead atoms. The monoisotopic (exact) mass is 409 g/mol. The van der Waals surface area contributed by atoms with Gasteiger partial charge in [0.15, 0.2) is 11.5 Å². The van der Waals surface area contributed by atoms with E-state index in [-0.39, 0.29) is 25.3 Å². The first kappa shape index (κ1) is 19.8. The van der Waals surface area contributed by atoms with E-state index in [0.29, 0.717) is 17.1 Å². The number of hydrogen-bond donors (Lipinski definition) is 1. The van der Waals surface area contributed by atoms with Crippen molar-refractivity contribution in [2.45, 2.75) is 25.4 Å². The van der Waals surface area contributed by atoms with E-state index in [0.717, 1.165) is 10.5 Å². The molecule has 8 heteroatoms. The molecule has 0 saturated carbocycles. The molecule has 2 aromatic rings. The molecule has 0 unspecified atom stereocenters. The zero-order valence-electron chi connectivity index (χ0n) is 17.0. The summed E-state index contributed by atoms with van der Waals surface area (Å²) in [4.78, 5) is 41.0. The van der Waals surface area contributed by atoms with Crippen LogP contribution in [0.4, 0.5) is 4.79 Å². The van der Waals surface area contributed by atoms with E-state index in [1.54, 1.807) is 32.2 Å². The topological polar surface area (TPSA) is 88.2 Å². The fourth-order valence-electron chi connectivity index (χ4n) is 3.66. The second-order valence-electron chi connectivity index (χ2n) is 7.61. The number of carbonyl (C=O) groups excluding carboxylic acids is 3. The van der Waals surface area contributed by atoms with Crippen molar-refractivity contribution in [2.24, 2.45) is 0 Å². The van der Waals surface area contributed by atoms with Gasteiger partial charge in [0.2, 0.25) is 12.7 Å². The summed E-state index contributed by atoms with van der Waals surface area (Å²) in [6, 6.07) is 13.9. The minimum absolute atomic E-state index is 0.113. The fraction of sp³-hybridized carbons (Fsp3) is 0.318. The Morgan fingerprint density at radius 3 is 2.60 bits per heavy atom. The van der Waals surface area contributed by atoms with Crippen LogP contribution in [0, 0.1) is 0 Å². The van der Waals surface area contributed by atoms with E-state index in [9.17, 15) is 14.4 Å². The number of nitrogens with one attached hydrogen (secondary N) is 1. The molecule has 30 heavy (non-hydrogen) atoms. The van der Waals surface area contributed by atoms with Crippen molar-refractivity contribution >= 4 is 17.8 Å². The number of benzene rings is 2. The van der Waals surface area contributed by atoms with Gasteiger partial charge in [-0.3, -0.25) is 14.5 Å². The van der Waals surface area contributed by atoms with Gasteiger partial charge in [-0.05, 0) is 37.1 Å². The van der Waals surface area contributed by atoms with Crippen molar-refractivity contribution in [3.63, 3.8) is 0 Å². The van der Waals surface area contributed by atoms with E-state index in [4.69, 9.17) is 9.47 Å². The van der Waals surface area contributed by atoms with Gasteiger partial charge in [0.1, 0.15) is 12.1 Å². The highest BCUT2D eigenvalue weighted by molar-refractivity contribution is 6.09. The molecule has 0 aromatic heterocycles. The Morgan fingerprint density at radius 1 is 1.17 bits per heavy atom. The van der Waals surface area contributed by atoms with Gasteiger partial charge in [-0.2, -0.15) is 0 Å². The zero-order valence-corrected chi connectivity index (χ0v) is 17.0. The van der Waals surface area contributed by atoms with Gasteiger partial charge in [-0.25, -0.2) is 4.79 Å². The SMILES string of the molecule is C[C@@H](c1ccccc1)N(C)C(=O)CN1C(=O)N[C@](C)(c2ccc3c(c2)OCO3)C1=O. The van der Waals surface area contributed by atoms with E-state index < -0.39 is 17.5 Å². The highest BCUT2D eigenvalue weighted by atomic mass is 16.7. The predicted molar refractivity (Wildman–Crippen MR) is 108 cm³/mol. The Balaban J connectivity index is 1.51. The van der Waals surface area contributed by atoms with Crippen molar-refractivity contribution in [3.8, 4) is 11.5 Å². The number of fused-ring (bicyclic) bond motifs is 1. The van der Waals surface area contributed by atoms with Gasteiger partial charge < -0.3 is 19.7 Å². The van der Waals surface area contributed by atoms with Crippen molar-refractivity contribution < 1.29 is 23.9 Å². The average molecular weight is 409 g/mol. The number of rotatable bonds is 5. The maximum atomic E-state index is 13.1. The second-order valence-corrected chi connectivity index (χ2v) is 7.61. The average Bonchev–Trinajstić information content (AvgIpc) is 3.31. The van der Waals surface area contributed by atoms with Crippen LogP contribution in [-0.2, 0) is 15.1 Å². The quantitative estimate of drug-likeness (QED) is 0.767. The summed E-state index contributed by atoms with van der Waals surface area (Å²) in [5.41, 5.74) is 0.240. The Bertz CT molecular complexity index is 1010. The van der Waals surface area contributed by atoms with Gasteiger partial charge in [0, 0.05) is 7.05 Å². The molecule has 0 spiro atoms. The molecule has 0 aliphatic carbocycles. The first-order valence-electron chi connectivity index (χ1n) is 9.66. The molecule has 8 nitrogen and oxygen atoms in total. The third-order valence-corrected chi connectivity index (χ3v) is 5.77. The molecule has 1 saturated heterocycles. The molecule has 2 aliphatic rings. The molecule has 4 amide bonds.